The van der Waals surface area contributed by atoms with Gasteiger partial charge in [0, 0.05) is 42.3 Å². The molecule has 0 saturated carbocycles. The Bertz CT molecular complexity index is 1630. The van der Waals surface area contributed by atoms with Crippen molar-refractivity contribution in [3.63, 3.8) is 0 Å². The van der Waals surface area contributed by atoms with E-state index in [2.05, 4.69) is 37.0 Å². The second kappa shape index (κ2) is 12.1. The molecule has 0 saturated heterocycles. The quantitative estimate of drug-likeness (QED) is 0.191. The second-order valence-corrected chi connectivity index (χ2v) is 10.1. The van der Waals surface area contributed by atoms with Crippen LogP contribution < -0.4 is 10.6 Å². The van der Waals surface area contributed by atoms with Crippen molar-refractivity contribution in [3.8, 4) is 6.07 Å². The van der Waals surface area contributed by atoms with E-state index in [-0.39, 0.29) is 24.7 Å². The summed E-state index contributed by atoms with van der Waals surface area (Å²) in [5, 5.41) is 36.6. The van der Waals surface area contributed by atoms with Crippen molar-refractivity contribution in [2.75, 3.05) is 17.2 Å². The number of nitrogens with one attached hydrogen (secondary N) is 2. The SMILES string of the molecule is CC(C)n1cc([C@@H](Nc2cc(Cl)c3ncc(C#N)c(N[C@@H](CCO)c4ccccc4)c3c2)c2cccnc2)nn1. The van der Waals surface area contributed by atoms with Crippen molar-refractivity contribution in [3.05, 3.63) is 107 Å². The van der Waals surface area contributed by atoms with Crippen LogP contribution in [0.15, 0.2) is 79.4 Å². The van der Waals surface area contributed by atoms with E-state index in [1.807, 2.05) is 79.3 Å². The van der Waals surface area contributed by atoms with Gasteiger partial charge >= 0.3 is 0 Å². The Morgan fingerprint density at radius 2 is 1.85 bits per heavy atom. The number of hydrogen-bond acceptors (Lipinski definition) is 8. The third kappa shape index (κ3) is 5.73. The minimum atomic E-state index is -0.357. The van der Waals surface area contributed by atoms with Gasteiger partial charge in [-0.3, -0.25) is 9.97 Å². The third-order valence-electron chi connectivity index (χ3n) is 6.67. The van der Waals surface area contributed by atoms with E-state index in [0.717, 1.165) is 16.8 Å². The molecule has 10 heteroatoms. The molecule has 0 spiro atoms. The largest absolute Gasteiger partial charge is 0.396 e. The summed E-state index contributed by atoms with van der Waals surface area (Å²) >= 11 is 6.77. The molecule has 3 heterocycles. The predicted molar refractivity (Wildman–Crippen MR) is 156 cm³/mol. The minimum Gasteiger partial charge on any atom is -0.396 e. The van der Waals surface area contributed by atoms with Crippen LogP contribution in [-0.4, -0.2) is 36.7 Å². The highest BCUT2D eigenvalue weighted by Gasteiger charge is 2.22. The van der Waals surface area contributed by atoms with E-state index in [9.17, 15) is 10.4 Å². The fraction of sp³-hybridized carbons (Fsp3) is 0.233. The first-order chi connectivity index (χ1) is 19.5. The van der Waals surface area contributed by atoms with Crippen LogP contribution in [0.25, 0.3) is 10.9 Å². The molecule has 0 amide bonds. The fourth-order valence-electron chi connectivity index (χ4n) is 4.61. The van der Waals surface area contributed by atoms with Crippen molar-refractivity contribution in [1.29, 1.82) is 5.26 Å². The predicted octanol–water partition coefficient (Wildman–Crippen LogP) is 6.06. The average molecular weight is 553 g/mol. The molecule has 0 unspecified atom stereocenters. The third-order valence-corrected chi connectivity index (χ3v) is 6.95. The number of anilines is 2. The number of fused-ring (bicyclic) bond motifs is 1. The lowest BCUT2D eigenvalue weighted by atomic mass is 10.0. The number of aromatic nitrogens is 5. The van der Waals surface area contributed by atoms with Crippen LogP contribution in [0, 0.1) is 11.3 Å². The molecule has 0 fully saturated rings. The van der Waals surface area contributed by atoms with Crippen LogP contribution in [0.4, 0.5) is 11.4 Å². The van der Waals surface area contributed by atoms with Gasteiger partial charge in [0.25, 0.3) is 0 Å². The van der Waals surface area contributed by atoms with E-state index in [1.165, 1.54) is 6.20 Å². The zero-order valence-electron chi connectivity index (χ0n) is 22.2. The van der Waals surface area contributed by atoms with Crippen LogP contribution in [-0.2, 0) is 0 Å². The normalized spacial score (nSPS) is 12.7. The molecule has 9 nitrogen and oxygen atoms in total. The summed E-state index contributed by atoms with van der Waals surface area (Å²) in [7, 11) is 0. The topological polar surface area (TPSA) is 125 Å². The molecule has 0 aliphatic carbocycles. The van der Waals surface area contributed by atoms with Gasteiger partial charge < -0.3 is 15.7 Å². The lowest BCUT2D eigenvalue weighted by Crippen LogP contribution is -2.15. The molecule has 3 aromatic heterocycles. The van der Waals surface area contributed by atoms with Gasteiger partial charge in [0.2, 0.25) is 0 Å². The van der Waals surface area contributed by atoms with Crippen molar-refractivity contribution in [2.45, 2.75) is 38.4 Å². The number of nitriles is 1. The molecule has 3 N–H and O–H groups in total. The summed E-state index contributed by atoms with van der Waals surface area (Å²) in [4.78, 5) is 8.79. The number of pyridine rings is 2. The molecule has 2 atom stereocenters. The molecule has 0 bridgehead atoms. The van der Waals surface area contributed by atoms with E-state index in [1.54, 1.807) is 12.4 Å². The van der Waals surface area contributed by atoms with Crippen molar-refractivity contribution in [1.82, 2.24) is 25.0 Å². The fourth-order valence-corrected chi connectivity index (χ4v) is 4.88. The van der Waals surface area contributed by atoms with Crippen LogP contribution in [0.2, 0.25) is 5.02 Å². The van der Waals surface area contributed by atoms with Gasteiger partial charge in [0.15, 0.2) is 0 Å². The van der Waals surface area contributed by atoms with Gasteiger partial charge in [0.1, 0.15) is 11.8 Å². The average Bonchev–Trinajstić information content (AvgIpc) is 3.47. The van der Waals surface area contributed by atoms with Crippen LogP contribution in [0.1, 0.15) is 60.8 Å². The summed E-state index contributed by atoms with van der Waals surface area (Å²) in [5.41, 5.74) is 4.89. The first-order valence-corrected chi connectivity index (χ1v) is 13.4. The number of aliphatic hydroxyl groups is 1. The van der Waals surface area contributed by atoms with Gasteiger partial charge in [-0.15, -0.1) is 5.10 Å². The highest BCUT2D eigenvalue weighted by atomic mass is 35.5. The maximum absolute atomic E-state index is 9.97. The second-order valence-electron chi connectivity index (χ2n) is 9.71. The molecule has 5 aromatic rings. The summed E-state index contributed by atoms with van der Waals surface area (Å²) < 4.78 is 1.81. The Kier molecular flexibility index (Phi) is 8.20. The number of benzene rings is 2. The molecule has 0 radical (unpaired) electrons. The Balaban J connectivity index is 1.60. The van der Waals surface area contributed by atoms with Crippen molar-refractivity contribution in [2.24, 2.45) is 0 Å². The van der Waals surface area contributed by atoms with Gasteiger partial charge in [-0.05, 0) is 49.6 Å². The Morgan fingerprint density at radius 3 is 2.52 bits per heavy atom. The number of aliphatic hydroxyl groups excluding tert-OH is 1. The van der Waals surface area contributed by atoms with Crippen molar-refractivity contribution < 1.29 is 5.11 Å². The van der Waals surface area contributed by atoms with Gasteiger partial charge in [-0.2, -0.15) is 5.26 Å². The molecular weight excluding hydrogens is 524 g/mol. The minimum absolute atomic E-state index is 0.0190. The molecule has 5 rings (SSSR count). The van der Waals surface area contributed by atoms with E-state index in [0.29, 0.717) is 39.3 Å². The smallest absolute Gasteiger partial charge is 0.110 e. The number of rotatable bonds is 10. The monoisotopic (exact) mass is 552 g/mol. The van der Waals surface area contributed by atoms with Crippen molar-refractivity contribution >= 4 is 33.9 Å². The standard InChI is InChI=1S/C30H29ClN8O/c1-19(2)39-18-27(37-38-39)29(21-9-6-11-33-16-21)35-23-13-24-28(22(15-32)17-34-30(24)25(31)14-23)36-26(10-12-40)20-7-4-3-5-8-20/h3-9,11,13-14,16-19,26,29,35,40H,10,12H2,1-2H3,(H,34,36)/t26-,29-/m0/s1. The van der Waals surface area contributed by atoms with E-state index < -0.39 is 0 Å². The lowest BCUT2D eigenvalue weighted by molar-refractivity contribution is 0.280. The van der Waals surface area contributed by atoms with Crippen LogP contribution in [0.5, 0.6) is 0 Å². The lowest BCUT2D eigenvalue weighted by Gasteiger charge is -2.23. The first-order valence-electron chi connectivity index (χ1n) is 13.0. The Morgan fingerprint density at radius 1 is 1.05 bits per heavy atom. The highest BCUT2D eigenvalue weighted by Crippen LogP contribution is 2.37. The van der Waals surface area contributed by atoms with E-state index in [4.69, 9.17) is 11.6 Å². The molecule has 40 heavy (non-hydrogen) atoms. The number of nitrogens with zero attached hydrogens (tertiary/aromatic N) is 6. The summed E-state index contributed by atoms with van der Waals surface area (Å²) in [5.74, 6) is 0. The van der Waals surface area contributed by atoms with Gasteiger partial charge in [0.05, 0.1) is 40.1 Å². The van der Waals surface area contributed by atoms with E-state index >= 15 is 0 Å². The number of halogens is 1. The zero-order valence-corrected chi connectivity index (χ0v) is 22.9. The molecular formula is C30H29ClN8O. The highest BCUT2D eigenvalue weighted by molar-refractivity contribution is 6.35. The van der Waals surface area contributed by atoms with Gasteiger partial charge in [-0.25, -0.2) is 4.68 Å². The summed E-state index contributed by atoms with van der Waals surface area (Å²) in [6.45, 7) is 4.07. The maximum atomic E-state index is 9.97. The summed E-state index contributed by atoms with van der Waals surface area (Å²) in [6, 6.07) is 19.2. The number of hydrogen-bond donors (Lipinski definition) is 3. The maximum Gasteiger partial charge on any atom is 0.110 e. The Labute approximate surface area is 237 Å². The van der Waals surface area contributed by atoms with Crippen LogP contribution >= 0.6 is 11.6 Å². The zero-order chi connectivity index (χ0) is 28.1. The Hall–Kier alpha value is -4.52. The molecule has 202 valence electrons. The van der Waals surface area contributed by atoms with Crippen LogP contribution in [0.3, 0.4) is 0 Å². The molecule has 0 aliphatic heterocycles. The molecule has 2 aromatic carbocycles. The first kappa shape index (κ1) is 27.1. The summed E-state index contributed by atoms with van der Waals surface area (Å²) in [6.07, 6.45) is 7.41. The molecule has 0 aliphatic rings. The van der Waals surface area contributed by atoms with Gasteiger partial charge in [-0.1, -0.05) is 53.2 Å².